The first kappa shape index (κ1) is 14.4. The summed E-state index contributed by atoms with van der Waals surface area (Å²) in [6.07, 6.45) is 3.76. The molecule has 2 N–H and O–H groups in total. The highest BCUT2D eigenvalue weighted by molar-refractivity contribution is 6.02. The molecular formula is C14H21NO3. The summed E-state index contributed by atoms with van der Waals surface area (Å²) in [6.45, 7) is 4.57. The number of hydrogen-bond donors (Lipinski definition) is 2. The summed E-state index contributed by atoms with van der Waals surface area (Å²) in [7, 11) is 0. The predicted octanol–water partition coefficient (Wildman–Crippen LogP) is 3.55. The third kappa shape index (κ3) is 3.95. The van der Waals surface area contributed by atoms with Crippen molar-refractivity contribution in [2.24, 2.45) is 5.16 Å². The third-order valence-electron chi connectivity index (χ3n) is 2.73. The minimum Gasteiger partial charge on any atom is -0.507 e. The van der Waals surface area contributed by atoms with Crippen LogP contribution >= 0.6 is 0 Å². The minimum absolute atomic E-state index is 0.114. The molecule has 0 aromatic heterocycles. The van der Waals surface area contributed by atoms with E-state index in [1.54, 1.807) is 18.2 Å². The maximum Gasteiger partial charge on any atom is 0.125 e. The number of hydrogen-bond acceptors (Lipinski definition) is 4. The number of ether oxygens (including phenoxy) is 1. The van der Waals surface area contributed by atoms with Crippen molar-refractivity contribution in [3.05, 3.63) is 23.8 Å². The Hall–Kier alpha value is -1.71. The molecule has 0 saturated heterocycles. The highest BCUT2D eigenvalue weighted by Crippen LogP contribution is 2.25. The zero-order valence-corrected chi connectivity index (χ0v) is 11.0. The fourth-order valence-electron chi connectivity index (χ4n) is 1.78. The summed E-state index contributed by atoms with van der Waals surface area (Å²) in [6, 6.07) is 4.97. The molecule has 0 aliphatic rings. The van der Waals surface area contributed by atoms with Crippen LogP contribution in [0.25, 0.3) is 0 Å². The molecule has 0 saturated carbocycles. The first-order valence-electron chi connectivity index (χ1n) is 6.40. The summed E-state index contributed by atoms with van der Waals surface area (Å²) in [5.74, 6) is 0.782. The Bertz CT molecular complexity index is 402. The number of aromatic hydroxyl groups is 1. The molecule has 1 aromatic rings. The van der Waals surface area contributed by atoms with Crippen LogP contribution in [0.4, 0.5) is 0 Å². The number of phenolic OH excluding ortho intramolecular Hbond substituents is 1. The van der Waals surface area contributed by atoms with Crippen molar-refractivity contribution in [2.75, 3.05) is 6.61 Å². The molecule has 0 spiro atoms. The van der Waals surface area contributed by atoms with E-state index in [4.69, 9.17) is 9.94 Å². The van der Waals surface area contributed by atoms with Crippen LogP contribution in [0.5, 0.6) is 11.5 Å². The summed E-state index contributed by atoms with van der Waals surface area (Å²) in [5.41, 5.74) is 1.04. The number of nitrogens with zero attached hydrogens (tertiary/aromatic N) is 1. The number of benzene rings is 1. The van der Waals surface area contributed by atoms with Crippen molar-refractivity contribution in [3.63, 3.8) is 0 Å². The van der Waals surface area contributed by atoms with Crippen LogP contribution in [0, 0.1) is 0 Å². The zero-order chi connectivity index (χ0) is 13.4. The Labute approximate surface area is 108 Å². The molecule has 0 amide bonds. The van der Waals surface area contributed by atoms with Gasteiger partial charge in [0.05, 0.1) is 12.3 Å². The molecule has 1 aromatic carbocycles. The van der Waals surface area contributed by atoms with Crippen LogP contribution in [0.15, 0.2) is 23.4 Å². The Morgan fingerprint density at radius 3 is 2.67 bits per heavy atom. The van der Waals surface area contributed by atoms with E-state index in [0.717, 1.165) is 19.3 Å². The van der Waals surface area contributed by atoms with Crippen molar-refractivity contribution in [1.29, 1.82) is 0 Å². The van der Waals surface area contributed by atoms with Crippen LogP contribution in [0.3, 0.4) is 0 Å². The van der Waals surface area contributed by atoms with Crippen LogP contribution in [0.2, 0.25) is 0 Å². The molecule has 4 nitrogen and oxygen atoms in total. The number of unbranched alkanes of at least 4 members (excludes halogenated alkanes) is 2. The van der Waals surface area contributed by atoms with Gasteiger partial charge in [-0.05, 0) is 38.0 Å². The normalized spacial score (nSPS) is 11.6. The highest BCUT2D eigenvalue weighted by atomic mass is 16.5. The van der Waals surface area contributed by atoms with E-state index in [0.29, 0.717) is 30.1 Å². The minimum atomic E-state index is 0.114. The van der Waals surface area contributed by atoms with Gasteiger partial charge in [0.2, 0.25) is 0 Å². The first-order valence-corrected chi connectivity index (χ1v) is 6.40. The van der Waals surface area contributed by atoms with Gasteiger partial charge in [0.25, 0.3) is 0 Å². The average Bonchev–Trinajstić information content (AvgIpc) is 2.38. The number of oxime groups is 1. The summed E-state index contributed by atoms with van der Waals surface area (Å²) in [5, 5.41) is 22.2. The largest absolute Gasteiger partial charge is 0.507 e. The molecule has 0 atom stereocenters. The second kappa shape index (κ2) is 7.58. The predicted molar refractivity (Wildman–Crippen MR) is 71.7 cm³/mol. The number of rotatable bonds is 7. The van der Waals surface area contributed by atoms with Gasteiger partial charge in [0.1, 0.15) is 11.5 Å². The van der Waals surface area contributed by atoms with Crippen molar-refractivity contribution in [3.8, 4) is 11.5 Å². The summed E-state index contributed by atoms with van der Waals surface area (Å²) >= 11 is 0. The van der Waals surface area contributed by atoms with Gasteiger partial charge in [-0.3, -0.25) is 0 Å². The molecule has 0 bridgehead atoms. The molecule has 0 aliphatic heterocycles. The second-order valence-electron chi connectivity index (χ2n) is 4.12. The molecule has 0 aliphatic carbocycles. The number of phenols is 1. The third-order valence-corrected chi connectivity index (χ3v) is 2.73. The Balaban J connectivity index is 2.87. The van der Waals surface area contributed by atoms with Gasteiger partial charge in [0, 0.05) is 5.56 Å². The molecular weight excluding hydrogens is 230 g/mol. The van der Waals surface area contributed by atoms with Crippen molar-refractivity contribution >= 4 is 5.71 Å². The maximum absolute atomic E-state index is 9.81. The molecule has 100 valence electrons. The lowest BCUT2D eigenvalue weighted by atomic mass is 10.0. The molecule has 0 heterocycles. The maximum atomic E-state index is 9.81. The second-order valence-corrected chi connectivity index (χ2v) is 4.12. The standard InChI is InChI=1S/C14H21NO3/c1-3-5-6-7-13(15-17)12-10-11(18-4-2)8-9-14(12)16/h8-10,16-17H,3-7H2,1-2H3/b15-13-. The van der Waals surface area contributed by atoms with Gasteiger partial charge in [-0.1, -0.05) is 24.9 Å². The van der Waals surface area contributed by atoms with Gasteiger partial charge in [-0.25, -0.2) is 0 Å². The topological polar surface area (TPSA) is 62.1 Å². The Morgan fingerprint density at radius 2 is 2.06 bits per heavy atom. The van der Waals surface area contributed by atoms with E-state index in [2.05, 4.69) is 12.1 Å². The smallest absolute Gasteiger partial charge is 0.125 e. The summed E-state index contributed by atoms with van der Waals surface area (Å²) in [4.78, 5) is 0. The lowest BCUT2D eigenvalue weighted by molar-refractivity contribution is 0.317. The van der Waals surface area contributed by atoms with Crippen LogP contribution in [0.1, 0.15) is 45.1 Å². The fraction of sp³-hybridized carbons (Fsp3) is 0.500. The van der Waals surface area contributed by atoms with E-state index in [9.17, 15) is 5.11 Å². The summed E-state index contributed by atoms with van der Waals surface area (Å²) < 4.78 is 5.37. The van der Waals surface area contributed by atoms with Gasteiger partial charge in [-0.15, -0.1) is 0 Å². The van der Waals surface area contributed by atoms with Gasteiger partial charge in [-0.2, -0.15) is 0 Å². The highest BCUT2D eigenvalue weighted by Gasteiger charge is 2.11. The quantitative estimate of drug-likeness (QED) is 0.337. The Kier molecular flexibility index (Phi) is 6.05. The lowest BCUT2D eigenvalue weighted by Crippen LogP contribution is -2.03. The molecule has 0 unspecified atom stereocenters. The first-order chi connectivity index (χ1) is 8.72. The van der Waals surface area contributed by atoms with E-state index in [1.807, 2.05) is 6.92 Å². The molecule has 0 fully saturated rings. The van der Waals surface area contributed by atoms with Crippen molar-refractivity contribution in [2.45, 2.75) is 39.5 Å². The SMILES string of the molecule is CCCCC/C(=N/O)c1cc(OCC)ccc1O. The van der Waals surface area contributed by atoms with Crippen LogP contribution < -0.4 is 4.74 Å². The van der Waals surface area contributed by atoms with E-state index >= 15 is 0 Å². The van der Waals surface area contributed by atoms with Crippen LogP contribution in [-0.4, -0.2) is 22.6 Å². The van der Waals surface area contributed by atoms with E-state index in [-0.39, 0.29) is 5.75 Å². The Morgan fingerprint density at radius 1 is 1.28 bits per heavy atom. The fourth-order valence-corrected chi connectivity index (χ4v) is 1.78. The van der Waals surface area contributed by atoms with Crippen molar-refractivity contribution < 1.29 is 15.1 Å². The molecule has 4 heteroatoms. The lowest BCUT2D eigenvalue weighted by Gasteiger charge is -2.09. The monoisotopic (exact) mass is 251 g/mol. The average molecular weight is 251 g/mol. The van der Waals surface area contributed by atoms with Gasteiger partial charge in [0.15, 0.2) is 0 Å². The van der Waals surface area contributed by atoms with E-state index < -0.39 is 0 Å². The van der Waals surface area contributed by atoms with Gasteiger partial charge < -0.3 is 15.1 Å². The molecule has 0 radical (unpaired) electrons. The zero-order valence-electron chi connectivity index (χ0n) is 11.0. The van der Waals surface area contributed by atoms with Gasteiger partial charge >= 0.3 is 0 Å². The molecule has 1 rings (SSSR count). The molecule has 18 heavy (non-hydrogen) atoms. The van der Waals surface area contributed by atoms with Crippen molar-refractivity contribution in [1.82, 2.24) is 0 Å². The van der Waals surface area contributed by atoms with E-state index in [1.165, 1.54) is 0 Å². The van der Waals surface area contributed by atoms with Crippen LogP contribution in [-0.2, 0) is 0 Å².